The monoisotopic (exact) mass is 499 g/mol. The van der Waals surface area contributed by atoms with Crippen molar-refractivity contribution in [2.75, 3.05) is 4.90 Å². The molecule has 1 aliphatic rings. The van der Waals surface area contributed by atoms with Crippen LogP contribution in [0.1, 0.15) is 47.8 Å². The number of carbonyl (C=O) groups excluding carboxylic acids is 2. The number of furan rings is 1. The molecule has 0 spiro atoms. The molecule has 36 heavy (non-hydrogen) atoms. The molecule has 2 heterocycles. The van der Waals surface area contributed by atoms with E-state index in [-0.39, 0.29) is 18.0 Å². The summed E-state index contributed by atoms with van der Waals surface area (Å²) < 4.78 is 5.28. The maximum absolute atomic E-state index is 13.7. The van der Waals surface area contributed by atoms with Crippen molar-refractivity contribution in [3.63, 3.8) is 0 Å². The maximum Gasteiger partial charge on any atom is 0.265 e. The summed E-state index contributed by atoms with van der Waals surface area (Å²) in [7, 11) is 0. The smallest absolute Gasteiger partial charge is 0.265 e. The van der Waals surface area contributed by atoms with Crippen molar-refractivity contribution in [1.82, 2.24) is 5.32 Å². The zero-order valence-electron chi connectivity index (χ0n) is 20.9. The zero-order chi connectivity index (χ0) is 25.8. The van der Waals surface area contributed by atoms with E-state index in [0.29, 0.717) is 28.8 Å². The number of amides is 2. The predicted molar refractivity (Wildman–Crippen MR) is 142 cm³/mol. The van der Waals surface area contributed by atoms with Gasteiger partial charge in [0.1, 0.15) is 22.4 Å². The molecular weight excluding hydrogens is 470 g/mol. The molecule has 6 nitrogen and oxygen atoms in total. The summed E-state index contributed by atoms with van der Waals surface area (Å²) in [4.78, 5) is 28.3. The van der Waals surface area contributed by atoms with E-state index in [4.69, 9.17) is 4.42 Å². The molecule has 1 N–H and O–H groups in total. The third-order valence-corrected chi connectivity index (χ3v) is 7.58. The zero-order valence-corrected chi connectivity index (χ0v) is 21.7. The van der Waals surface area contributed by atoms with Crippen molar-refractivity contribution >= 4 is 29.3 Å². The van der Waals surface area contributed by atoms with E-state index in [1.165, 1.54) is 28.5 Å². The molecule has 1 aliphatic heterocycles. The van der Waals surface area contributed by atoms with Gasteiger partial charge in [-0.1, -0.05) is 55.9 Å². The average molecular weight is 500 g/mol. The number of carbonyl (C=O) groups is 2. The van der Waals surface area contributed by atoms with E-state index in [1.54, 1.807) is 12.1 Å². The molecular formula is C29H29N3O3S. The lowest BCUT2D eigenvalue weighted by molar-refractivity contribution is -0.117. The van der Waals surface area contributed by atoms with Crippen molar-refractivity contribution in [3.8, 4) is 6.07 Å². The topological polar surface area (TPSA) is 86.3 Å². The summed E-state index contributed by atoms with van der Waals surface area (Å²) in [6, 6.07) is 19.4. The first-order chi connectivity index (χ1) is 17.3. The Bertz CT molecular complexity index is 1340. The van der Waals surface area contributed by atoms with Crippen LogP contribution in [0.2, 0.25) is 0 Å². The van der Waals surface area contributed by atoms with E-state index in [1.807, 2.05) is 43.3 Å². The lowest BCUT2D eigenvalue weighted by Gasteiger charge is -2.19. The number of thioether (sulfide) groups is 1. The molecule has 0 radical (unpaired) electrons. The van der Waals surface area contributed by atoms with Gasteiger partial charge in [0, 0.05) is 5.69 Å². The van der Waals surface area contributed by atoms with E-state index in [0.717, 1.165) is 16.7 Å². The van der Waals surface area contributed by atoms with Crippen molar-refractivity contribution in [1.29, 1.82) is 5.26 Å². The normalized spacial score (nSPS) is 16.8. The summed E-state index contributed by atoms with van der Waals surface area (Å²) in [5.41, 5.74) is 5.09. The van der Waals surface area contributed by atoms with E-state index in [9.17, 15) is 14.9 Å². The minimum absolute atomic E-state index is 0.0876. The van der Waals surface area contributed by atoms with Gasteiger partial charge in [0.2, 0.25) is 5.91 Å². The molecule has 1 atom stereocenters. The van der Waals surface area contributed by atoms with Crippen LogP contribution >= 0.6 is 11.8 Å². The number of nitrogens with one attached hydrogen (secondary N) is 1. The van der Waals surface area contributed by atoms with Gasteiger partial charge in [0.05, 0.1) is 18.1 Å². The predicted octanol–water partition coefficient (Wildman–Crippen LogP) is 5.76. The fourth-order valence-corrected chi connectivity index (χ4v) is 5.35. The van der Waals surface area contributed by atoms with Gasteiger partial charge in [-0.15, -0.1) is 0 Å². The van der Waals surface area contributed by atoms with Gasteiger partial charge in [0.25, 0.3) is 5.91 Å². The number of nitriles is 1. The van der Waals surface area contributed by atoms with E-state index < -0.39 is 11.2 Å². The first kappa shape index (κ1) is 25.3. The largest absolute Gasteiger partial charge is 0.467 e. The number of rotatable bonds is 7. The van der Waals surface area contributed by atoms with E-state index in [2.05, 4.69) is 38.2 Å². The summed E-state index contributed by atoms with van der Waals surface area (Å²) in [5, 5.41) is 12.6. The second kappa shape index (κ2) is 10.9. The van der Waals surface area contributed by atoms with Crippen LogP contribution in [-0.2, 0) is 22.6 Å². The summed E-state index contributed by atoms with van der Waals surface area (Å²) in [6.45, 7) is 8.46. The molecule has 0 aliphatic carbocycles. The second-order valence-corrected chi connectivity index (χ2v) is 10.4. The minimum Gasteiger partial charge on any atom is -0.467 e. The van der Waals surface area contributed by atoms with Crippen LogP contribution < -0.4 is 10.2 Å². The fraction of sp³-hybridized carbons (Fsp3) is 0.276. The number of anilines is 1. The molecule has 1 saturated heterocycles. The van der Waals surface area contributed by atoms with Crippen molar-refractivity contribution in [2.45, 2.75) is 51.8 Å². The van der Waals surface area contributed by atoms with Gasteiger partial charge in [-0.05, 0) is 72.7 Å². The highest BCUT2D eigenvalue weighted by atomic mass is 32.2. The molecule has 0 saturated carbocycles. The Balaban J connectivity index is 1.69. The molecule has 4 rings (SSSR count). The Morgan fingerprint density at radius 1 is 1.14 bits per heavy atom. The van der Waals surface area contributed by atoms with Gasteiger partial charge >= 0.3 is 0 Å². The van der Waals surface area contributed by atoms with Gasteiger partial charge in [0.15, 0.2) is 0 Å². The van der Waals surface area contributed by atoms with Gasteiger partial charge < -0.3 is 9.73 Å². The highest BCUT2D eigenvalue weighted by Gasteiger charge is 2.40. The fourth-order valence-electron chi connectivity index (χ4n) is 4.04. The van der Waals surface area contributed by atoms with Gasteiger partial charge in [-0.2, -0.15) is 5.26 Å². The molecule has 2 amide bonds. The molecule has 0 bridgehead atoms. The lowest BCUT2D eigenvalue weighted by atomic mass is 10.0. The van der Waals surface area contributed by atoms with Crippen LogP contribution in [0.25, 0.3) is 0 Å². The highest BCUT2D eigenvalue weighted by Crippen LogP contribution is 2.42. The maximum atomic E-state index is 13.7. The number of aryl methyl sites for hydroxylation is 2. The third kappa shape index (κ3) is 5.39. The number of benzene rings is 2. The van der Waals surface area contributed by atoms with Crippen molar-refractivity contribution < 1.29 is 14.0 Å². The van der Waals surface area contributed by atoms with Crippen LogP contribution in [0.4, 0.5) is 5.69 Å². The molecule has 1 fully saturated rings. The van der Waals surface area contributed by atoms with Crippen molar-refractivity contribution in [2.24, 2.45) is 0 Å². The molecule has 2 aromatic carbocycles. The Kier molecular flexibility index (Phi) is 7.66. The number of hydrogen-bond acceptors (Lipinski definition) is 5. The molecule has 184 valence electrons. The molecule has 3 aromatic rings. The number of nitrogens with zero attached hydrogens (tertiary/aromatic N) is 2. The SMILES string of the molecule is Cc1ccc(CC2S/C(=C(/C#N)C(=O)NCc3ccco3)N(c3ccc(C(C)C)cc3)C2=O)cc1C. The highest BCUT2D eigenvalue weighted by molar-refractivity contribution is 8.05. The molecule has 1 unspecified atom stereocenters. The van der Waals surface area contributed by atoms with Gasteiger partial charge in [-0.3, -0.25) is 14.5 Å². The quantitative estimate of drug-likeness (QED) is 0.330. The lowest BCUT2D eigenvalue weighted by Crippen LogP contribution is -2.32. The van der Waals surface area contributed by atoms with Crippen LogP contribution in [0, 0.1) is 25.2 Å². The van der Waals surface area contributed by atoms with Crippen LogP contribution in [0.15, 0.2) is 75.9 Å². The van der Waals surface area contributed by atoms with Crippen LogP contribution in [-0.4, -0.2) is 17.1 Å². The average Bonchev–Trinajstić information content (AvgIpc) is 3.49. The van der Waals surface area contributed by atoms with Gasteiger partial charge in [-0.25, -0.2) is 0 Å². The Labute approximate surface area is 216 Å². The first-order valence-electron chi connectivity index (χ1n) is 11.9. The summed E-state index contributed by atoms with van der Waals surface area (Å²) >= 11 is 1.27. The van der Waals surface area contributed by atoms with Crippen LogP contribution in [0.3, 0.4) is 0 Å². The van der Waals surface area contributed by atoms with Crippen LogP contribution in [0.5, 0.6) is 0 Å². The summed E-state index contributed by atoms with van der Waals surface area (Å²) in [5.74, 6) is 0.240. The minimum atomic E-state index is -0.542. The van der Waals surface area contributed by atoms with Crippen molar-refractivity contribution in [3.05, 3.63) is 99.5 Å². The number of hydrogen-bond donors (Lipinski definition) is 1. The third-order valence-electron chi connectivity index (χ3n) is 6.32. The van der Waals surface area contributed by atoms with E-state index >= 15 is 0 Å². The second-order valence-electron chi connectivity index (χ2n) is 9.20. The summed E-state index contributed by atoms with van der Waals surface area (Å²) in [6.07, 6.45) is 2.03. The standard InChI is InChI=1S/C29H29N3O3S/c1-18(2)22-9-11-23(12-10-22)32-28(34)26(15-21-8-7-19(3)20(4)14-21)36-29(32)25(16-30)27(33)31-17-24-6-5-13-35-24/h5-14,18,26H,15,17H2,1-4H3,(H,31,33)/b29-25-. The Hall–Kier alpha value is -3.76. The molecule has 1 aromatic heterocycles. The molecule has 7 heteroatoms. The Morgan fingerprint density at radius 3 is 2.50 bits per heavy atom. The Morgan fingerprint density at radius 2 is 1.89 bits per heavy atom. The first-order valence-corrected chi connectivity index (χ1v) is 12.8.